The fraction of sp³-hybridized carbons (Fsp3) is 0.464. The van der Waals surface area contributed by atoms with Gasteiger partial charge in [0.2, 0.25) is 0 Å². The molecule has 2 aromatic heterocycles. The van der Waals surface area contributed by atoms with Gasteiger partial charge in [-0.15, -0.1) is 0 Å². The average Bonchev–Trinajstić information content (AvgIpc) is 2.80. The number of pyridine rings is 2. The second kappa shape index (κ2) is 8.48. The first kappa shape index (κ1) is 25.1. The van der Waals surface area contributed by atoms with Gasteiger partial charge in [0.1, 0.15) is 17.1 Å². The minimum absolute atomic E-state index is 0.0733. The highest BCUT2D eigenvalue weighted by molar-refractivity contribution is 5.95. The largest absolute Gasteiger partial charge is 0.496 e. The Morgan fingerprint density at radius 3 is 2.41 bits per heavy atom. The summed E-state index contributed by atoms with van der Waals surface area (Å²) in [6.07, 6.45) is 5.84. The number of amides is 1. The van der Waals surface area contributed by atoms with Crippen LogP contribution >= 0.6 is 0 Å². The number of primary amides is 1. The molecule has 9 nitrogen and oxygen atoms in total. The number of hydrogen-bond donors (Lipinski definition) is 2. The van der Waals surface area contributed by atoms with Gasteiger partial charge in [0.05, 0.1) is 19.6 Å². The molecule has 0 spiro atoms. The summed E-state index contributed by atoms with van der Waals surface area (Å²) >= 11 is 0. The summed E-state index contributed by atoms with van der Waals surface area (Å²) in [5.74, 6) is 1.50. The predicted octanol–water partition coefficient (Wildman–Crippen LogP) is 3.75. The smallest absolute Gasteiger partial charge is 0.405 e. The molecule has 0 radical (unpaired) electrons. The fourth-order valence-corrected chi connectivity index (χ4v) is 6.96. The van der Waals surface area contributed by atoms with E-state index in [-0.39, 0.29) is 22.4 Å². The van der Waals surface area contributed by atoms with E-state index < -0.39 is 11.7 Å². The second-order valence-electron chi connectivity index (χ2n) is 11.4. The molecule has 3 aromatic rings. The number of carbonyl (C=O) groups is 1. The molecule has 2 heterocycles. The molecule has 0 saturated heterocycles. The maximum Gasteiger partial charge on any atom is 0.405 e. The SMILES string of the molecule is COc1cc(-c2cn(C)c(=O)c3cnccc23)cc(OC)c1CNC12CC(OC(N)=O)(C1)C2C(C)(C)C. The summed E-state index contributed by atoms with van der Waals surface area (Å²) in [7, 11) is 5.01. The summed E-state index contributed by atoms with van der Waals surface area (Å²) in [6.45, 7) is 7.00. The second-order valence-corrected chi connectivity index (χ2v) is 11.4. The van der Waals surface area contributed by atoms with Crippen molar-refractivity contribution in [1.29, 1.82) is 0 Å². The lowest BCUT2D eigenvalue weighted by molar-refractivity contribution is -0.308. The Hall–Kier alpha value is -3.59. The number of hydrogen-bond acceptors (Lipinski definition) is 7. The van der Waals surface area contributed by atoms with Crippen molar-refractivity contribution in [1.82, 2.24) is 14.9 Å². The molecule has 3 N–H and O–H groups in total. The quantitative estimate of drug-likeness (QED) is 0.501. The van der Waals surface area contributed by atoms with Gasteiger partial charge >= 0.3 is 6.09 Å². The molecule has 3 aliphatic rings. The molecular formula is C28H34N4O5. The van der Waals surface area contributed by atoms with Gasteiger partial charge in [-0.3, -0.25) is 9.78 Å². The first-order valence-electron chi connectivity index (χ1n) is 12.4. The van der Waals surface area contributed by atoms with Crippen molar-refractivity contribution in [2.24, 2.45) is 24.1 Å². The zero-order valence-electron chi connectivity index (χ0n) is 22.2. The van der Waals surface area contributed by atoms with E-state index in [0.717, 1.165) is 34.9 Å². The lowest BCUT2D eigenvalue weighted by atomic mass is 9.34. The van der Waals surface area contributed by atoms with E-state index >= 15 is 0 Å². The van der Waals surface area contributed by atoms with E-state index in [9.17, 15) is 9.59 Å². The third kappa shape index (κ3) is 3.83. The summed E-state index contributed by atoms with van der Waals surface area (Å²) in [6, 6.07) is 5.79. The number of aryl methyl sites for hydroxylation is 1. The third-order valence-corrected chi connectivity index (χ3v) is 8.00. The van der Waals surface area contributed by atoms with E-state index in [1.807, 2.05) is 24.4 Å². The van der Waals surface area contributed by atoms with Crippen LogP contribution in [0.3, 0.4) is 0 Å². The molecule has 37 heavy (non-hydrogen) atoms. The Balaban J connectivity index is 1.49. The normalized spacial score (nSPS) is 24.2. The number of ether oxygens (including phenoxy) is 3. The molecule has 2 bridgehead atoms. The summed E-state index contributed by atoms with van der Waals surface area (Å²) in [5, 5.41) is 5.11. The van der Waals surface area contributed by atoms with Gasteiger partial charge in [0.25, 0.3) is 5.56 Å². The van der Waals surface area contributed by atoms with Crippen LogP contribution in [0.5, 0.6) is 11.5 Å². The van der Waals surface area contributed by atoms with Crippen molar-refractivity contribution in [3.63, 3.8) is 0 Å². The van der Waals surface area contributed by atoms with E-state index in [1.165, 1.54) is 0 Å². The Morgan fingerprint density at radius 2 is 1.84 bits per heavy atom. The highest BCUT2D eigenvalue weighted by atomic mass is 16.6. The number of carbonyl (C=O) groups excluding carboxylic acids is 1. The minimum atomic E-state index is -0.719. The third-order valence-electron chi connectivity index (χ3n) is 8.00. The molecule has 0 aliphatic heterocycles. The molecule has 1 aromatic carbocycles. The first-order chi connectivity index (χ1) is 17.4. The lowest BCUT2D eigenvalue weighted by Gasteiger charge is -2.77. The molecule has 3 fully saturated rings. The Labute approximate surface area is 215 Å². The number of nitrogens with one attached hydrogen (secondary N) is 1. The first-order valence-corrected chi connectivity index (χ1v) is 12.4. The molecule has 1 atom stereocenters. The fourth-order valence-electron chi connectivity index (χ4n) is 6.96. The van der Waals surface area contributed by atoms with E-state index in [1.54, 1.807) is 38.2 Å². The topological polar surface area (TPSA) is 118 Å². The Bertz CT molecular complexity index is 1420. The average molecular weight is 507 g/mol. The highest BCUT2D eigenvalue weighted by Gasteiger charge is 2.80. The molecule has 9 heteroatoms. The molecular weight excluding hydrogens is 472 g/mol. The zero-order chi connectivity index (χ0) is 26.8. The Morgan fingerprint density at radius 1 is 1.19 bits per heavy atom. The summed E-state index contributed by atoms with van der Waals surface area (Å²) in [5.41, 5.74) is 7.21. The Kier molecular flexibility index (Phi) is 5.75. The van der Waals surface area contributed by atoms with Crippen molar-refractivity contribution >= 4 is 16.9 Å². The van der Waals surface area contributed by atoms with Crippen LogP contribution < -0.4 is 26.1 Å². The van der Waals surface area contributed by atoms with Crippen LogP contribution in [0.1, 0.15) is 39.2 Å². The number of nitrogens with two attached hydrogens (primary N) is 1. The zero-order valence-corrected chi connectivity index (χ0v) is 22.2. The van der Waals surface area contributed by atoms with Crippen molar-refractivity contribution < 1.29 is 19.0 Å². The summed E-state index contributed by atoms with van der Waals surface area (Å²) in [4.78, 5) is 28.3. The van der Waals surface area contributed by atoms with E-state index in [0.29, 0.717) is 23.4 Å². The lowest BCUT2D eigenvalue weighted by Crippen LogP contribution is -2.88. The van der Waals surface area contributed by atoms with Crippen LogP contribution in [-0.4, -0.2) is 41.0 Å². The molecule has 3 saturated carbocycles. The number of rotatable bonds is 7. The summed E-state index contributed by atoms with van der Waals surface area (Å²) < 4.78 is 18.8. The molecule has 196 valence electrons. The molecule has 3 aliphatic carbocycles. The molecule has 1 unspecified atom stereocenters. The van der Waals surface area contributed by atoms with Crippen molar-refractivity contribution in [2.45, 2.75) is 51.3 Å². The van der Waals surface area contributed by atoms with E-state index in [2.05, 4.69) is 31.1 Å². The number of fused-ring (bicyclic) bond motifs is 1. The van der Waals surface area contributed by atoms with Crippen LogP contribution in [0.25, 0.3) is 21.9 Å². The van der Waals surface area contributed by atoms with Gasteiger partial charge in [0.15, 0.2) is 0 Å². The van der Waals surface area contributed by atoms with Gasteiger partial charge < -0.3 is 29.8 Å². The van der Waals surface area contributed by atoms with E-state index in [4.69, 9.17) is 19.9 Å². The minimum Gasteiger partial charge on any atom is -0.496 e. The van der Waals surface area contributed by atoms with Gasteiger partial charge in [-0.2, -0.15) is 0 Å². The number of benzene rings is 1. The van der Waals surface area contributed by atoms with Gasteiger partial charge in [-0.05, 0) is 34.6 Å². The maximum atomic E-state index is 12.6. The molecule has 1 amide bonds. The highest BCUT2D eigenvalue weighted by Crippen LogP contribution is 2.72. The van der Waals surface area contributed by atoms with Crippen molar-refractivity contribution in [3.05, 3.63) is 52.7 Å². The van der Waals surface area contributed by atoms with Gasteiger partial charge in [-0.1, -0.05) is 20.8 Å². The van der Waals surface area contributed by atoms with Crippen molar-refractivity contribution in [3.8, 4) is 22.6 Å². The number of aromatic nitrogens is 2. The van der Waals surface area contributed by atoms with Crippen molar-refractivity contribution in [2.75, 3.05) is 14.2 Å². The van der Waals surface area contributed by atoms with Crippen LogP contribution in [0, 0.1) is 11.3 Å². The van der Waals surface area contributed by atoms with Crippen LogP contribution in [-0.2, 0) is 18.3 Å². The van der Waals surface area contributed by atoms with Crippen LogP contribution in [0.2, 0.25) is 0 Å². The van der Waals surface area contributed by atoms with Gasteiger partial charge in [-0.25, -0.2) is 4.79 Å². The van der Waals surface area contributed by atoms with Crippen LogP contribution in [0.4, 0.5) is 4.79 Å². The van der Waals surface area contributed by atoms with Gasteiger partial charge in [0, 0.05) is 67.6 Å². The maximum absolute atomic E-state index is 12.6. The monoisotopic (exact) mass is 506 g/mol. The molecule has 6 rings (SSSR count). The number of methoxy groups -OCH3 is 2. The predicted molar refractivity (Wildman–Crippen MR) is 141 cm³/mol. The standard InChI is InChI=1S/C28H34N4O5/c1-26(2,3)24-27(14-28(24,15-27)37-25(29)34)31-12-19-21(35-5)9-16(10-22(19)36-6)20-13-32(4)23(33)18-11-30-8-7-17(18)20/h7-11,13,24,31H,12,14-15H2,1-6H3,(H2,29,34). The van der Waals surface area contributed by atoms with Crippen LogP contribution in [0.15, 0.2) is 41.6 Å². The number of nitrogens with zero attached hydrogens (tertiary/aromatic N) is 2.